The highest BCUT2D eigenvalue weighted by Gasteiger charge is 2.25. The molecule has 1 aromatic heterocycles. The Kier molecular flexibility index (Phi) is 5.53. The van der Waals surface area contributed by atoms with Gasteiger partial charge in [0, 0.05) is 30.8 Å². The first-order valence-corrected chi connectivity index (χ1v) is 10.3. The van der Waals surface area contributed by atoms with Crippen LogP contribution >= 0.6 is 0 Å². The standard InChI is InChI=1S/C25H26N2O3/c1-16-8-20(23-14-26-27(2)15-23)13-22(9-16)24(28)11-17-4-5-18-6-7-19(25(29)30-3)12-21(18)10-17/h4-5,8-10,13-15,19H,6-7,11-12H2,1-3H3. The molecule has 0 saturated heterocycles. The monoisotopic (exact) mass is 402 g/mol. The first-order chi connectivity index (χ1) is 14.4. The number of Topliss-reactive ketones (excluding diaryl/α,β-unsaturated/α-hetero) is 1. The predicted octanol–water partition coefficient (Wildman–Crippen LogP) is 4.10. The fraction of sp³-hybridized carbons (Fsp3) is 0.320. The van der Waals surface area contributed by atoms with Gasteiger partial charge in [0.1, 0.15) is 0 Å². The number of hydrogen-bond acceptors (Lipinski definition) is 4. The number of esters is 1. The van der Waals surface area contributed by atoms with Crippen molar-refractivity contribution in [2.24, 2.45) is 13.0 Å². The number of benzene rings is 2. The number of methoxy groups -OCH3 is 1. The molecule has 3 aromatic rings. The Morgan fingerprint density at radius 2 is 1.97 bits per heavy atom. The maximum absolute atomic E-state index is 13.0. The van der Waals surface area contributed by atoms with Crippen LogP contribution in [0.2, 0.25) is 0 Å². The van der Waals surface area contributed by atoms with Crippen molar-refractivity contribution in [2.45, 2.75) is 32.6 Å². The van der Waals surface area contributed by atoms with Crippen molar-refractivity contribution < 1.29 is 14.3 Å². The molecule has 2 aromatic carbocycles. The average molecular weight is 402 g/mol. The van der Waals surface area contributed by atoms with Crippen molar-refractivity contribution in [3.63, 3.8) is 0 Å². The molecule has 5 heteroatoms. The smallest absolute Gasteiger partial charge is 0.309 e. The summed E-state index contributed by atoms with van der Waals surface area (Å²) < 4.78 is 6.68. The lowest BCUT2D eigenvalue weighted by Gasteiger charge is -2.23. The molecule has 0 fully saturated rings. The van der Waals surface area contributed by atoms with Gasteiger partial charge in [-0.15, -0.1) is 0 Å². The summed E-state index contributed by atoms with van der Waals surface area (Å²) in [5.41, 5.74) is 7.15. The van der Waals surface area contributed by atoms with Gasteiger partial charge in [-0.25, -0.2) is 0 Å². The summed E-state index contributed by atoms with van der Waals surface area (Å²) in [5.74, 6) is -0.152. The van der Waals surface area contributed by atoms with Crippen molar-refractivity contribution in [1.82, 2.24) is 9.78 Å². The number of aryl methyl sites for hydroxylation is 3. The van der Waals surface area contributed by atoms with E-state index in [1.54, 1.807) is 4.68 Å². The van der Waals surface area contributed by atoms with E-state index in [1.807, 2.05) is 44.6 Å². The molecule has 0 spiro atoms. The number of ketones is 1. The van der Waals surface area contributed by atoms with Gasteiger partial charge in [0.15, 0.2) is 5.78 Å². The number of carbonyl (C=O) groups is 2. The Balaban J connectivity index is 1.55. The Morgan fingerprint density at radius 3 is 2.70 bits per heavy atom. The zero-order valence-electron chi connectivity index (χ0n) is 17.6. The minimum absolute atomic E-state index is 0.0871. The molecular formula is C25H26N2O3. The minimum atomic E-state index is -0.148. The summed E-state index contributed by atoms with van der Waals surface area (Å²) in [6.45, 7) is 2.00. The van der Waals surface area contributed by atoms with Gasteiger partial charge in [0.25, 0.3) is 0 Å². The second-order valence-corrected chi connectivity index (χ2v) is 8.16. The Hall–Kier alpha value is -3.21. The highest BCUT2D eigenvalue weighted by molar-refractivity contribution is 5.98. The number of fused-ring (bicyclic) bond motifs is 1. The van der Waals surface area contributed by atoms with Gasteiger partial charge in [-0.2, -0.15) is 5.10 Å². The third kappa shape index (κ3) is 4.20. The molecule has 30 heavy (non-hydrogen) atoms. The number of hydrogen-bond donors (Lipinski definition) is 0. The molecule has 154 valence electrons. The van der Waals surface area contributed by atoms with Crippen LogP contribution in [0.4, 0.5) is 0 Å². The Morgan fingerprint density at radius 1 is 1.13 bits per heavy atom. The van der Waals surface area contributed by atoms with E-state index in [1.165, 1.54) is 12.7 Å². The maximum Gasteiger partial charge on any atom is 0.309 e. The van der Waals surface area contributed by atoms with Gasteiger partial charge in [-0.05, 0) is 66.1 Å². The first kappa shape index (κ1) is 20.1. The Bertz CT molecular complexity index is 1110. The van der Waals surface area contributed by atoms with E-state index < -0.39 is 0 Å². The molecular weight excluding hydrogens is 376 g/mol. The molecule has 0 saturated carbocycles. The van der Waals surface area contributed by atoms with E-state index in [-0.39, 0.29) is 17.7 Å². The SMILES string of the molecule is COC(=O)C1CCc2ccc(CC(=O)c3cc(C)cc(-c4cnn(C)c4)c3)cc2C1. The van der Waals surface area contributed by atoms with Crippen LogP contribution < -0.4 is 0 Å². The van der Waals surface area contributed by atoms with Crippen LogP contribution in [0.25, 0.3) is 11.1 Å². The zero-order valence-corrected chi connectivity index (χ0v) is 17.6. The van der Waals surface area contributed by atoms with Crippen LogP contribution in [0, 0.1) is 12.8 Å². The molecule has 1 aliphatic carbocycles. The topological polar surface area (TPSA) is 61.2 Å². The highest BCUT2D eigenvalue weighted by atomic mass is 16.5. The van der Waals surface area contributed by atoms with Gasteiger partial charge >= 0.3 is 5.97 Å². The quantitative estimate of drug-likeness (QED) is 0.476. The molecule has 0 N–H and O–H groups in total. The van der Waals surface area contributed by atoms with Crippen molar-refractivity contribution >= 4 is 11.8 Å². The van der Waals surface area contributed by atoms with Gasteiger partial charge in [0.05, 0.1) is 19.2 Å². The molecule has 1 aliphatic rings. The molecule has 4 rings (SSSR count). The molecule has 0 radical (unpaired) electrons. The van der Waals surface area contributed by atoms with E-state index in [0.29, 0.717) is 18.4 Å². The molecule has 1 unspecified atom stereocenters. The lowest BCUT2D eigenvalue weighted by molar-refractivity contribution is -0.145. The minimum Gasteiger partial charge on any atom is -0.469 e. The molecule has 5 nitrogen and oxygen atoms in total. The number of nitrogens with zero attached hydrogens (tertiary/aromatic N) is 2. The fourth-order valence-electron chi connectivity index (χ4n) is 4.26. The van der Waals surface area contributed by atoms with Crippen LogP contribution in [0.5, 0.6) is 0 Å². The summed E-state index contributed by atoms with van der Waals surface area (Å²) in [6, 6.07) is 12.2. The van der Waals surface area contributed by atoms with E-state index in [9.17, 15) is 9.59 Å². The zero-order chi connectivity index (χ0) is 21.3. The first-order valence-electron chi connectivity index (χ1n) is 10.3. The van der Waals surface area contributed by atoms with Gasteiger partial charge in [-0.3, -0.25) is 14.3 Å². The third-order valence-electron chi connectivity index (χ3n) is 5.84. The van der Waals surface area contributed by atoms with Crippen molar-refractivity contribution in [2.75, 3.05) is 7.11 Å². The number of rotatable bonds is 5. The van der Waals surface area contributed by atoms with Crippen LogP contribution in [0.1, 0.15) is 39.0 Å². The molecule has 0 bridgehead atoms. The lowest BCUT2D eigenvalue weighted by Crippen LogP contribution is -2.23. The molecule has 0 aliphatic heterocycles. The largest absolute Gasteiger partial charge is 0.469 e. The van der Waals surface area contributed by atoms with Crippen LogP contribution in [-0.4, -0.2) is 28.6 Å². The van der Waals surface area contributed by atoms with Crippen molar-refractivity contribution in [3.05, 3.63) is 76.6 Å². The molecule has 1 heterocycles. The van der Waals surface area contributed by atoms with Gasteiger partial charge in [0.2, 0.25) is 0 Å². The van der Waals surface area contributed by atoms with E-state index in [4.69, 9.17) is 4.74 Å². The summed E-state index contributed by atoms with van der Waals surface area (Å²) in [5, 5.41) is 4.23. The number of ether oxygens (including phenoxy) is 1. The second-order valence-electron chi connectivity index (χ2n) is 8.16. The van der Waals surface area contributed by atoms with Crippen LogP contribution in [0.3, 0.4) is 0 Å². The normalized spacial score (nSPS) is 15.5. The number of carbonyl (C=O) groups excluding carboxylic acids is 2. The fourth-order valence-corrected chi connectivity index (χ4v) is 4.26. The van der Waals surface area contributed by atoms with Gasteiger partial charge < -0.3 is 4.74 Å². The predicted molar refractivity (Wildman–Crippen MR) is 115 cm³/mol. The van der Waals surface area contributed by atoms with Crippen molar-refractivity contribution in [3.8, 4) is 11.1 Å². The summed E-state index contributed by atoms with van der Waals surface area (Å²) in [6.07, 6.45) is 6.47. The van der Waals surface area contributed by atoms with E-state index in [0.717, 1.165) is 40.7 Å². The third-order valence-corrected chi connectivity index (χ3v) is 5.84. The molecule has 1 atom stereocenters. The highest BCUT2D eigenvalue weighted by Crippen LogP contribution is 2.28. The van der Waals surface area contributed by atoms with Crippen molar-refractivity contribution in [1.29, 1.82) is 0 Å². The number of aromatic nitrogens is 2. The lowest BCUT2D eigenvalue weighted by atomic mass is 9.82. The van der Waals surface area contributed by atoms with Crippen LogP contribution in [0.15, 0.2) is 48.8 Å². The van der Waals surface area contributed by atoms with E-state index >= 15 is 0 Å². The average Bonchev–Trinajstić information content (AvgIpc) is 3.18. The van der Waals surface area contributed by atoms with Gasteiger partial charge in [-0.1, -0.05) is 24.3 Å². The van der Waals surface area contributed by atoms with E-state index in [2.05, 4.69) is 23.3 Å². The summed E-state index contributed by atoms with van der Waals surface area (Å²) in [4.78, 5) is 25.0. The van der Waals surface area contributed by atoms with Crippen LogP contribution in [-0.2, 0) is 35.8 Å². The molecule has 0 amide bonds. The summed E-state index contributed by atoms with van der Waals surface area (Å²) >= 11 is 0. The Labute approximate surface area is 176 Å². The summed E-state index contributed by atoms with van der Waals surface area (Å²) in [7, 11) is 3.32. The second kappa shape index (κ2) is 8.27. The maximum atomic E-state index is 13.0.